The number of anilines is 2. The highest BCUT2D eigenvalue weighted by atomic mass is 16.2. The lowest BCUT2D eigenvalue weighted by atomic mass is 10.1. The first-order chi connectivity index (χ1) is 12.0. The molecule has 0 saturated carbocycles. The van der Waals surface area contributed by atoms with Gasteiger partial charge in [0, 0.05) is 36.5 Å². The van der Waals surface area contributed by atoms with Gasteiger partial charge in [-0.3, -0.25) is 9.59 Å². The van der Waals surface area contributed by atoms with Crippen molar-refractivity contribution in [3.8, 4) is 11.4 Å². The number of aromatic nitrogens is 4. The second-order valence-corrected chi connectivity index (χ2v) is 5.42. The van der Waals surface area contributed by atoms with Crippen LogP contribution in [0.25, 0.3) is 11.4 Å². The molecule has 0 unspecified atom stereocenters. The lowest BCUT2D eigenvalue weighted by Crippen LogP contribution is -2.12. The molecule has 3 rings (SSSR count). The van der Waals surface area contributed by atoms with E-state index in [2.05, 4.69) is 26.2 Å². The van der Waals surface area contributed by atoms with Gasteiger partial charge in [-0.15, -0.1) is 5.10 Å². The first kappa shape index (κ1) is 16.3. The van der Waals surface area contributed by atoms with Crippen LogP contribution < -0.4 is 10.6 Å². The van der Waals surface area contributed by atoms with Crippen molar-refractivity contribution in [2.75, 3.05) is 10.6 Å². The predicted octanol–water partition coefficient (Wildman–Crippen LogP) is 2.09. The molecule has 0 aliphatic heterocycles. The van der Waals surface area contributed by atoms with Gasteiger partial charge in [0.15, 0.2) is 5.82 Å². The summed E-state index contributed by atoms with van der Waals surface area (Å²) >= 11 is 0. The third-order valence-electron chi connectivity index (χ3n) is 3.47. The van der Waals surface area contributed by atoms with Crippen LogP contribution in [0.15, 0.2) is 48.5 Å². The molecule has 2 amide bonds. The van der Waals surface area contributed by atoms with E-state index in [-0.39, 0.29) is 11.8 Å². The van der Waals surface area contributed by atoms with Gasteiger partial charge in [-0.25, -0.2) is 4.68 Å². The van der Waals surface area contributed by atoms with E-state index in [1.165, 1.54) is 6.92 Å². The van der Waals surface area contributed by atoms with Crippen molar-refractivity contribution >= 4 is 23.2 Å². The van der Waals surface area contributed by atoms with Crippen LogP contribution in [0.3, 0.4) is 0 Å². The van der Waals surface area contributed by atoms with Gasteiger partial charge >= 0.3 is 0 Å². The molecule has 25 heavy (non-hydrogen) atoms. The summed E-state index contributed by atoms with van der Waals surface area (Å²) < 4.78 is 1.56. The molecule has 0 fully saturated rings. The molecule has 0 atom stereocenters. The number of rotatable bonds is 4. The summed E-state index contributed by atoms with van der Waals surface area (Å²) in [4.78, 5) is 23.4. The summed E-state index contributed by atoms with van der Waals surface area (Å²) in [6, 6.07) is 13.9. The lowest BCUT2D eigenvalue weighted by molar-refractivity contribution is -0.114. The van der Waals surface area contributed by atoms with Crippen molar-refractivity contribution in [3.63, 3.8) is 0 Å². The molecule has 1 heterocycles. The fourth-order valence-corrected chi connectivity index (χ4v) is 2.32. The fraction of sp³-hybridized carbons (Fsp3) is 0.118. The zero-order valence-corrected chi connectivity index (χ0v) is 13.7. The van der Waals surface area contributed by atoms with Crippen LogP contribution in [0.5, 0.6) is 0 Å². The quantitative estimate of drug-likeness (QED) is 0.759. The molecule has 3 aromatic rings. The number of aryl methyl sites for hydroxylation is 1. The minimum Gasteiger partial charge on any atom is -0.326 e. The van der Waals surface area contributed by atoms with Gasteiger partial charge < -0.3 is 10.6 Å². The molecule has 8 heteroatoms. The number of hydrogen-bond acceptors (Lipinski definition) is 5. The summed E-state index contributed by atoms with van der Waals surface area (Å²) in [5.41, 5.74) is 2.56. The van der Waals surface area contributed by atoms with Crippen LogP contribution in [-0.2, 0) is 11.8 Å². The van der Waals surface area contributed by atoms with Crippen molar-refractivity contribution in [1.29, 1.82) is 0 Å². The normalized spacial score (nSPS) is 10.3. The van der Waals surface area contributed by atoms with E-state index in [0.29, 0.717) is 22.8 Å². The van der Waals surface area contributed by atoms with Crippen LogP contribution in [-0.4, -0.2) is 32.0 Å². The molecule has 8 nitrogen and oxygen atoms in total. The van der Waals surface area contributed by atoms with Gasteiger partial charge in [0.2, 0.25) is 5.91 Å². The van der Waals surface area contributed by atoms with Gasteiger partial charge in [-0.05, 0) is 46.8 Å². The maximum Gasteiger partial charge on any atom is 0.255 e. The van der Waals surface area contributed by atoms with Crippen molar-refractivity contribution in [2.24, 2.45) is 7.05 Å². The molecule has 0 bridgehead atoms. The number of carbonyl (C=O) groups is 2. The van der Waals surface area contributed by atoms with Crippen LogP contribution >= 0.6 is 0 Å². The van der Waals surface area contributed by atoms with E-state index in [1.54, 1.807) is 48.1 Å². The Morgan fingerprint density at radius 2 is 1.76 bits per heavy atom. The second-order valence-electron chi connectivity index (χ2n) is 5.42. The number of hydrogen-bond donors (Lipinski definition) is 2. The maximum atomic E-state index is 12.4. The largest absolute Gasteiger partial charge is 0.326 e. The zero-order valence-electron chi connectivity index (χ0n) is 13.7. The molecule has 2 N–H and O–H groups in total. The van der Waals surface area contributed by atoms with Crippen molar-refractivity contribution < 1.29 is 9.59 Å². The second kappa shape index (κ2) is 6.91. The summed E-state index contributed by atoms with van der Waals surface area (Å²) in [5, 5.41) is 16.9. The third kappa shape index (κ3) is 3.86. The van der Waals surface area contributed by atoms with Gasteiger partial charge in [0.25, 0.3) is 5.91 Å². The molecule has 0 aliphatic rings. The molecule has 1 aromatic heterocycles. The van der Waals surface area contributed by atoms with E-state index in [1.807, 2.05) is 12.1 Å². The van der Waals surface area contributed by atoms with Crippen molar-refractivity contribution in [3.05, 3.63) is 54.1 Å². The summed E-state index contributed by atoms with van der Waals surface area (Å²) in [6.07, 6.45) is 0. The number of nitrogens with zero attached hydrogens (tertiary/aromatic N) is 4. The molecule has 0 spiro atoms. The molecular formula is C17H16N6O2. The summed E-state index contributed by atoms with van der Waals surface area (Å²) in [7, 11) is 1.75. The van der Waals surface area contributed by atoms with E-state index < -0.39 is 0 Å². The maximum absolute atomic E-state index is 12.4. The summed E-state index contributed by atoms with van der Waals surface area (Å²) in [6.45, 7) is 1.43. The zero-order chi connectivity index (χ0) is 17.8. The van der Waals surface area contributed by atoms with Crippen LogP contribution in [0, 0.1) is 0 Å². The smallest absolute Gasteiger partial charge is 0.255 e. The Bertz CT molecular complexity index is 917. The minimum atomic E-state index is -0.248. The highest BCUT2D eigenvalue weighted by Gasteiger charge is 2.09. The van der Waals surface area contributed by atoms with E-state index >= 15 is 0 Å². The molecule has 0 aliphatic carbocycles. The Morgan fingerprint density at radius 1 is 1.00 bits per heavy atom. The Kier molecular flexibility index (Phi) is 4.51. The SMILES string of the molecule is CC(=O)Nc1ccc(C(=O)Nc2cccc(-c3nnnn3C)c2)cc1. The van der Waals surface area contributed by atoms with E-state index in [4.69, 9.17) is 0 Å². The average molecular weight is 336 g/mol. The highest BCUT2D eigenvalue weighted by Crippen LogP contribution is 2.20. The number of amides is 2. The Balaban J connectivity index is 1.75. The Labute approximate surface area is 143 Å². The van der Waals surface area contributed by atoms with Crippen LogP contribution in [0.2, 0.25) is 0 Å². The first-order valence-corrected chi connectivity index (χ1v) is 7.55. The van der Waals surface area contributed by atoms with E-state index in [9.17, 15) is 9.59 Å². The molecule has 0 radical (unpaired) electrons. The summed E-state index contributed by atoms with van der Waals surface area (Å²) in [5.74, 6) is 0.200. The fourth-order valence-electron chi connectivity index (χ4n) is 2.32. The first-order valence-electron chi connectivity index (χ1n) is 7.55. The van der Waals surface area contributed by atoms with Crippen molar-refractivity contribution in [1.82, 2.24) is 20.2 Å². The minimum absolute atomic E-state index is 0.160. The number of carbonyl (C=O) groups excluding carboxylic acids is 2. The number of tetrazole rings is 1. The number of benzene rings is 2. The molecule has 0 saturated heterocycles. The van der Waals surface area contributed by atoms with Crippen molar-refractivity contribution in [2.45, 2.75) is 6.92 Å². The Hall–Kier alpha value is -3.55. The van der Waals surface area contributed by atoms with Gasteiger partial charge in [0.1, 0.15) is 0 Å². The number of nitrogens with one attached hydrogen (secondary N) is 2. The average Bonchev–Trinajstić information content (AvgIpc) is 3.01. The monoisotopic (exact) mass is 336 g/mol. The predicted molar refractivity (Wildman–Crippen MR) is 92.9 cm³/mol. The third-order valence-corrected chi connectivity index (χ3v) is 3.47. The van der Waals surface area contributed by atoms with Gasteiger partial charge in [-0.2, -0.15) is 0 Å². The van der Waals surface area contributed by atoms with E-state index in [0.717, 1.165) is 5.56 Å². The highest BCUT2D eigenvalue weighted by molar-refractivity contribution is 6.04. The molecule has 2 aromatic carbocycles. The Morgan fingerprint density at radius 3 is 2.40 bits per heavy atom. The standard InChI is InChI=1S/C17H16N6O2/c1-11(24)18-14-8-6-12(7-9-14)17(25)19-15-5-3-4-13(10-15)16-20-21-22-23(16)2/h3-10H,1-2H3,(H,18,24)(H,19,25). The van der Waals surface area contributed by atoms with Crippen LogP contribution in [0.1, 0.15) is 17.3 Å². The van der Waals surface area contributed by atoms with Gasteiger partial charge in [-0.1, -0.05) is 12.1 Å². The van der Waals surface area contributed by atoms with Gasteiger partial charge in [0.05, 0.1) is 0 Å². The van der Waals surface area contributed by atoms with Crippen LogP contribution in [0.4, 0.5) is 11.4 Å². The topological polar surface area (TPSA) is 102 Å². The molecular weight excluding hydrogens is 320 g/mol. The molecule has 126 valence electrons. The lowest BCUT2D eigenvalue weighted by Gasteiger charge is -2.08.